The van der Waals surface area contributed by atoms with Crippen LogP contribution in [-0.2, 0) is 4.74 Å². The Bertz CT molecular complexity index is 422. The van der Waals surface area contributed by atoms with Gasteiger partial charge >= 0.3 is 0 Å². The Balaban J connectivity index is 2.19. The molecule has 0 amide bonds. The van der Waals surface area contributed by atoms with E-state index in [0.29, 0.717) is 0 Å². The summed E-state index contributed by atoms with van der Waals surface area (Å²) in [7, 11) is 0. The van der Waals surface area contributed by atoms with Crippen LogP contribution < -0.4 is 5.73 Å². The maximum Gasteiger partial charge on any atom is 0.215 e. The Morgan fingerprint density at radius 1 is 1.53 bits per heavy atom. The van der Waals surface area contributed by atoms with Crippen molar-refractivity contribution in [2.24, 2.45) is 5.73 Å². The van der Waals surface area contributed by atoms with E-state index in [4.69, 9.17) is 21.0 Å². The van der Waals surface area contributed by atoms with E-state index < -0.39 is 31.1 Å². The van der Waals surface area contributed by atoms with Gasteiger partial charge in [0.2, 0.25) is 5.82 Å². The Kier molecular flexibility index (Phi) is 3.07. The number of aliphatic hydroxyl groups is 3. The lowest BCUT2D eigenvalue weighted by Gasteiger charge is -2.13. The second-order valence-corrected chi connectivity index (χ2v) is 3.69. The molecular formula is C8H13N5O4. The Morgan fingerprint density at radius 3 is 2.71 bits per heavy atom. The summed E-state index contributed by atoms with van der Waals surface area (Å²) in [6.07, 6.45) is -3.02. The van der Waals surface area contributed by atoms with Gasteiger partial charge in [0.1, 0.15) is 24.6 Å². The van der Waals surface area contributed by atoms with E-state index in [1.54, 1.807) is 0 Å². The van der Waals surface area contributed by atoms with Crippen LogP contribution >= 0.6 is 0 Å². The minimum atomic E-state index is -1.23. The molecule has 94 valence electrons. The SMILES string of the molecule is N=C(N)c1ncn([C@@H]2O[C@H](CO)[C@@H](O)[C@@H]2O)n1. The second-order valence-electron chi connectivity index (χ2n) is 3.69. The molecule has 1 aromatic rings. The summed E-state index contributed by atoms with van der Waals surface area (Å²) in [4.78, 5) is 3.74. The van der Waals surface area contributed by atoms with Crippen molar-refractivity contribution in [3.8, 4) is 0 Å². The molecule has 0 unspecified atom stereocenters. The van der Waals surface area contributed by atoms with Gasteiger partial charge in [-0.05, 0) is 0 Å². The first-order valence-electron chi connectivity index (χ1n) is 4.92. The molecule has 9 nitrogen and oxygen atoms in total. The van der Waals surface area contributed by atoms with Crippen LogP contribution in [0.15, 0.2) is 6.33 Å². The number of aliphatic hydroxyl groups excluding tert-OH is 3. The van der Waals surface area contributed by atoms with Crippen LogP contribution in [0.4, 0.5) is 0 Å². The number of nitrogens with one attached hydrogen (secondary N) is 1. The molecule has 17 heavy (non-hydrogen) atoms. The largest absolute Gasteiger partial charge is 0.394 e. The van der Waals surface area contributed by atoms with Gasteiger partial charge in [0, 0.05) is 0 Å². The number of hydrogen-bond donors (Lipinski definition) is 5. The molecule has 1 fully saturated rings. The number of nitrogens with two attached hydrogens (primary N) is 1. The topological polar surface area (TPSA) is 150 Å². The van der Waals surface area contributed by atoms with Gasteiger partial charge in [-0.2, -0.15) is 0 Å². The first-order chi connectivity index (χ1) is 8.04. The normalized spacial score (nSPS) is 32.9. The van der Waals surface area contributed by atoms with E-state index in [-0.39, 0.29) is 11.7 Å². The molecule has 0 aliphatic carbocycles. The fourth-order valence-electron chi connectivity index (χ4n) is 1.62. The first kappa shape index (κ1) is 11.9. The van der Waals surface area contributed by atoms with E-state index in [0.717, 1.165) is 4.68 Å². The summed E-state index contributed by atoms with van der Waals surface area (Å²) in [5, 5.41) is 39.1. The summed E-state index contributed by atoms with van der Waals surface area (Å²) >= 11 is 0. The standard InChI is InChI=1S/C8H13N5O4/c9-6(10)7-11-2-13(12-7)8-5(16)4(15)3(1-14)17-8/h2-5,8,14-16H,1H2,(H3,9,10)/t3-,4-,5+,8-/m1/s1. The van der Waals surface area contributed by atoms with Crippen LogP contribution in [-0.4, -0.2) is 60.8 Å². The number of nitrogens with zero attached hydrogens (tertiary/aromatic N) is 3. The zero-order valence-electron chi connectivity index (χ0n) is 8.76. The van der Waals surface area contributed by atoms with Crippen LogP contribution in [0.2, 0.25) is 0 Å². The molecule has 9 heteroatoms. The van der Waals surface area contributed by atoms with Crippen molar-refractivity contribution >= 4 is 5.84 Å². The third kappa shape index (κ3) is 2.00. The molecular weight excluding hydrogens is 230 g/mol. The maximum atomic E-state index is 9.70. The summed E-state index contributed by atoms with van der Waals surface area (Å²) in [6, 6.07) is 0. The molecule has 0 radical (unpaired) electrons. The molecule has 2 rings (SSSR count). The van der Waals surface area contributed by atoms with Crippen molar-refractivity contribution in [2.75, 3.05) is 6.61 Å². The van der Waals surface area contributed by atoms with E-state index in [1.165, 1.54) is 6.33 Å². The van der Waals surface area contributed by atoms with Crippen LogP contribution in [0.3, 0.4) is 0 Å². The number of aromatic nitrogens is 3. The van der Waals surface area contributed by atoms with E-state index in [1.807, 2.05) is 0 Å². The maximum absolute atomic E-state index is 9.70. The van der Waals surface area contributed by atoms with Gasteiger partial charge in [-0.15, -0.1) is 5.10 Å². The third-order valence-electron chi connectivity index (χ3n) is 2.53. The lowest BCUT2D eigenvalue weighted by atomic mass is 10.1. The van der Waals surface area contributed by atoms with Crippen molar-refractivity contribution < 1.29 is 20.1 Å². The molecule has 1 aromatic heterocycles. The van der Waals surface area contributed by atoms with Crippen molar-refractivity contribution in [3.05, 3.63) is 12.2 Å². The van der Waals surface area contributed by atoms with Gasteiger partial charge in [-0.25, -0.2) is 9.67 Å². The lowest BCUT2D eigenvalue weighted by Crippen LogP contribution is -2.33. The molecule has 4 atom stereocenters. The van der Waals surface area contributed by atoms with Gasteiger partial charge in [0.05, 0.1) is 6.61 Å². The lowest BCUT2D eigenvalue weighted by molar-refractivity contribution is -0.0588. The second kappa shape index (κ2) is 4.37. The van der Waals surface area contributed by atoms with Crippen molar-refractivity contribution in [1.29, 1.82) is 5.41 Å². The molecule has 1 saturated heterocycles. The van der Waals surface area contributed by atoms with Crippen LogP contribution in [0.25, 0.3) is 0 Å². The molecule has 0 spiro atoms. The van der Waals surface area contributed by atoms with Crippen molar-refractivity contribution in [1.82, 2.24) is 14.8 Å². The average Bonchev–Trinajstić information content (AvgIpc) is 2.87. The van der Waals surface area contributed by atoms with E-state index in [9.17, 15) is 10.2 Å². The van der Waals surface area contributed by atoms with Gasteiger partial charge in [-0.3, -0.25) is 5.41 Å². The molecule has 1 aliphatic rings. The molecule has 0 aromatic carbocycles. The average molecular weight is 243 g/mol. The summed E-state index contributed by atoms with van der Waals surface area (Å²) in [5.74, 6) is -0.307. The quantitative estimate of drug-likeness (QED) is 0.283. The van der Waals surface area contributed by atoms with Crippen LogP contribution in [0.1, 0.15) is 12.1 Å². The minimum absolute atomic E-state index is 0.00254. The molecule has 1 aliphatic heterocycles. The Morgan fingerprint density at radius 2 is 2.24 bits per heavy atom. The number of rotatable bonds is 3. The monoisotopic (exact) mass is 243 g/mol. The predicted molar refractivity (Wildman–Crippen MR) is 54.0 cm³/mol. The number of ether oxygens (including phenoxy) is 1. The van der Waals surface area contributed by atoms with Gasteiger partial charge in [0.15, 0.2) is 12.1 Å². The molecule has 0 bridgehead atoms. The third-order valence-corrected chi connectivity index (χ3v) is 2.53. The predicted octanol–water partition coefficient (Wildman–Crippen LogP) is -2.83. The highest BCUT2D eigenvalue weighted by Gasteiger charge is 2.43. The molecule has 2 heterocycles. The van der Waals surface area contributed by atoms with Crippen LogP contribution in [0.5, 0.6) is 0 Å². The van der Waals surface area contributed by atoms with Crippen LogP contribution in [0, 0.1) is 5.41 Å². The van der Waals surface area contributed by atoms with Gasteiger partial charge in [-0.1, -0.05) is 0 Å². The zero-order chi connectivity index (χ0) is 12.6. The fourth-order valence-corrected chi connectivity index (χ4v) is 1.62. The zero-order valence-corrected chi connectivity index (χ0v) is 8.76. The highest BCUT2D eigenvalue weighted by atomic mass is 16.6. The van der Waals surface area contributed by atoms with E-state index >= 15 is 0 Å². The minimum Gasteiger partial charge on any atom is -0.394 e. The highest BCUT2D eigenvalue weighted by Crippen LogP contribution is 2.28. The molecule has 0 saturated carbocycles. The number of amidine groups is 1. The first-order valence-corrected chi connectivity index (χ1v) is 4.92. The molecule has 6 N–H and O–H groups in total. The number of hydrogen-bond acceptors (Lipinski definition) is 7. The summed E-state index contributed by atoms with van der Waals surface area (Å²) in [6.45, 7) is -0.414. The highest BCUT2D eigenvalue weighted by molar-refractivity contribution is 5.90. The van der Waals surface area contributed by atoms with Gasteiger partial charge in [0.25, 0.3) is 0 Å². The number of nitrogen functional groups attached to an aromatic ring is 1. The Hall–Kier alpha value is -1.55. The summed E-state index contributed by atoms with van der Waals surface area (Å²) < 4.78 is 6.37. The van der Waals surface area contributed by atoms with Crippen molar-refractivity contribution in [2.45, 2.75) is 24.5 Å². The van der Waals surface area contributed by atoms with Gasteiger partial charge < -0.3 is 25.8 Å². The Labute approximate surface area is 96.0 Å². The smallest absolute Gasteiger partial charge is 0.215 e. The van der Waals surface area contributed by atoms with E-state index in [2.05, 4.69) is 10.1 Å². The van der Waals surface area contributed by atoms with Crippen molar-refractivity contribution in [3.63, 3.8) is 0 Å². The fraction of sp³-hybridized carbons (Fsp3) is 0.625. The summed E-state index contributed by atoms with van der Waals surface area (Å²) in [5.41, 5.74) is 5.19.